The van der Waals surface area contributed by atoms with Gasteiger partial charge in [-0.1, -0.05) is 20.3 Å². The highest BCUT2D eigenvalue weighted by molar-refractivity contribution is 7.80. The molecule has 1 saturated carbocycles. The van der Waals surface area contributed by atoms with Crippen molar-refractivity contribution in [3.05, 3.63) is 0 Å². The van der Waals surface area contributed by atoms with Gasteiger partial charge in [0.25, 0.3) is 0 Å². The Morgan fingerprint density at radius 2 is 2.06 bits per heavy atom. The third kappa shape index (κ3) is 3.90. The predicted molar refractivity (Wildman–Crippen MR) is 75.6 cm³/mol. The molecule has 0 bridgehead atoms. The quantitative estimate of drug-likeness (QED) is 0.662. The average molecular weight is 272 g/mol. The molecular formula is C13H24N2O2S. The lowest BCUT2D eigenvalue weighted by atomic mass is 9.93. The molecule has 1 aliphatic rings. The molecule has 4 nitrogen and oxygen atoms in total. The summed E-state index contributed by atoms with van der Waals surface area (Å²) in [7, 11) is 0. The van der Waals surface area contributed by atoms with Gasteiger partial charge in [-0.25, -0.2) is 0 Å². The summed E-state index contributed by atoms with van der Waals surface area (Å²) in [5.41, 5.74) is 0. The monoisotopic (exact) mass is 272 g/mol. The molecule has 1 rings (SSSR count). The van der Waals surface area contributed by atoms with Gasteiger partial charge in [0.15, 0.2) is 0 Å². The molecule has 0 radical (unpaired) electrons. The van der Waals surface area contributed by atoms with Crippen molar-refractivity contribution in [1.82, 2.24) is 10.6 Å². The molecule has 2 amide bonds. The van der Waals surface area contributed by atoms with Crippen molar-refractivity contribution < 1.29 is 9.59 Å². The Kier molecular flexibility index (Phi) is 5.99. The van der Waals surface area contributed by atoms with Crippen molar-refractivity contribution in [2.24, 2.45) is 11.8 Å². The van der Waals surface area contributed by atoms with Gasteiger partial charge in [0, 0.05) is 18.7 Å². The molecular weight excluding hydrogens is 248 g/mol. The Labute approximate surface area is 115 Å². The third-order valence-electron chi connectivity index (χ3n) is 3.96. The SMILES string of the molecule is CCC1CCC(NC(=O)C(CS)NC(C)=O)C1C. The maximum atomic E-state index is 12.0. The number of thiol groups is 1. The number of carbonyl (C=O) groups excluding carboxylic acids is 2. The van der Waals surface area contributed by atoms with E-state index in [9.17, 15) is 9.59 Å². The Morgan fingerprint density at radius 1 is 1.39 bits per heavy atom. The summed E-state index contributed by atoms with van der Waals surface area (Å²) in [5.74, 6) is 1.22. The summed E-state index contributed by atoms with van der Waals surface area (Å²) in [4.78, 5) is 23.0. The minimum Gasteiger partial charge on any atom is -0.351 e. The first kappa shape index (κ1) is 15.3. The lowest BCUT2D eigenvalue weighted by Gasteiger charge is -2.23. The first-order valence-electron chi connectivity index (χ1n) is 6.67. The van der Waals surface area contributed by atoms with Crippen LogP contribution in [0.2, 0.25) is 0 Å². The van der Waals surface area contributed by atoms with Crippen LogP contribution in [0.5, 0.6) is 0 Å². The smallest absolute Gasteiger partial charge is 0.243 e. The van der Waals surface area contributed by atoms with Gasteiger partial charge in [-0.2, -0.15) is 12.6 Å². The van der Waals surface area contributed by atoms with E-state index in [-0.39, 0.29) is 17.9 Å². The third-order valence-corrected chi connectivity index (χ3v) is 4.32. The molecule has 0 spiro atoms. The molecule has 18 heavy (non-hydrogen) atoms. The Morgan fingerprint density at radius 3 is 2.50 bits per heavy atom. The maximum Gasteiger partial charge on any atom is 0.243 e. The fraction of sp³-hybridized carbons (Fsp3) is 0.846. The summed E-state index contributed by atoms with van der Waals surface area (Å²) in [5, 5.41) is 5.66. The van der Waals surface area contributed by atoms with Crippen molar-refractivity contribution in [2.75, 3.05) is 5.75 Å². The number of hydrogen-bond acceptors (Lipinski definition) is 3. The molecule has 1 aliphatic carbocycles. The van der Waals surface area contributed by atoms with Gasteiger partial charge < -0.3 is 10.6 Å². The zero-order valence-electron chi connectivity index (χ0n) is 11.4. The van der Waals surface area contributed by atoms with E-state index >= 15 is 0 Å². The van der Waals surface area contributed by atoms with E-state index in [1.165, 1.54) is 13.3 Å². The number of hydrogen-bond donors (Lipinski definition) is 3. The van der Waals surface area contributed by atoms with Gasteiger partial charge in [0.05, 0.1) is 0 Å². The van der Waals surface area contributed by atoms with E-state index in [1.807, 2.05) is 0 Å². The first-order chi connectivity index (χ1) is 8.49. The van der Waals surface area contributed by atoms with Gasteiger partial charge in [0.1, 0.15) is 6.04 Å². The molecule has 5 heteroatoms. The van der Waals surface area contributed by atoms with Crippen molar-refractivity contribution in [3.8, 4) is 0 Å². The van der Waals surface area contributed by atoms with E-state index in [2.05, 4.69) is 37.1 Å². The van der Waals surface area contributed by atoms with Crippen LogP contribution in [0.4, 0.5) is 0 Å². The van der Waals surface area contributed by atoms with Crippen LogP contribution in [0.1, 0.15) is 40.0 Å². The van der Waals surface area contributed by atoms with Gasteiger partial charge >= 0.3 is 0 Å². The van der Waals surface area contributed by atoms with E-state index in [0.717, 1.165) is 12.8 Å². The molecule has 4 unspecified atom stereocenters. The van der Waals surface area contributed by atoms with Crippen LogP contribution in [0.3, 0.4) is 0 Å². The van der Waals surface area contributed by atoms with Gasteiger partial charge in [0.2, 0.25) is 11.8 Å². The van der Waals surface area contributed by atoms with E-state index in [0.29, 0.717) is 17.6 Å². The van der Waals surface area contributed by atoms with E-state index in [1.54, 1.807) is 0 Å². The minimum atomic E-state index is -0.529. The molecule has 0 aromatic heterocycles. The normalized spacial score (nSPS) is 28.8. The van der Waals surface area contributed by atoms with Gasteiger partial charge in [-0.3, -0.25) is 9.59 Å². The van der Waals surface area contributed by atoms with Crippen LogP contribution in [0.25, 0.3) is 0 Å². The average Bonchev–Trinajstić information content (AvgIpc) is 2.67. The standard InChI is InChI=1S/C13H24N2O2S/c1-4-10-5-6-11(8(10)2)15-13(17)12(7-18)14-9(3)16/h8,10-12,18H,4-7H2,1-3H3,(H,14,16)(H,15,17). The Bertz CT molecular complexity index is 309. The van der Waals surface area contributed by atoms with Crippen LogP contribution in [0.15, 0.2) is 0 Å². The van der Waals surface area contributed by atoms with E-state index in [4.69, 9.17) is 0 Å². The molecule has 0 heterocycles. The first-order valence-corrected chi connectivity index (χ1v) is 7.31. The van der Waals surface area contributed by atoms with Crippen molar-refractivity contribution in [2.45, 2.75) is 52.1 Å². The second kappa shape index (κ2) is 7.02. The van der Waals surface area contributed by atoms with Crippen LogP contribution in [0, 0.1) is 11.8 Å². The maximum absolute atomic E-state index is 12.0. The zero-order valence-corrected chi connectivity index (χ0v) is 12.3. The molecule has 1 fully saturated rings. The largest absolute Gasteiger partial charge is 0.351 e. The highest BCUT2D eigenvalue weighted by Crippen LogP contribution is 2.33. The second-order valence-corrected chi connectivity index (χ2v) is 5.52. The van der Waals surface area contributed by atoms with Gasteiger partial charge in [-0.05, 0) is 24.7 Å². The number of carbonyl (C=O) groups is 2. The lowest BCUT2D eigenvalue weighted by molar-refractivity contribution is -0.128. The summed E-state index contributed by atoms with van der Waals surface area (Å²) >= 11 is 4.11. The summed E-state index contributed by atoms with van der Waals surface area (Å²) in [6.07, 6.45) is 3.37. The highest BCUT2D eigenvalue weighted by Gasteiger charge is 2.33. The molecule has 4 atom stereocenters. The number of nitrogens with one attached hydrogen (secondary N) is 2. The fourth-order valence-corrected chi connectivity index (χ4v) is 3.01. The lowest BCUT2D eigenvalue weighted by Crippen LogP contribution is -2.50. The van der Waals surface area contributed by atoms with Gasteiger partial charge in [-0.15, -0.1) is 0 Å². The minimum absolute atomic E-state index is 0.117. The van der Waals surface area contributed by atoms with Crippen molar-refractivity contribution >= 4 is 24.4 Å². The van der Waals surface area contributed by atoms with Crippen molar-refractivity contribution in [3.63, 3.8) is 0 Å². The van der Waals surface area contributed by atoms with Crippen molar-refractivity contribution in [1.29, 1.82) is 0 Å². The molecule has 104 valence electrons. The molecule has 0 aromatic carbocycles. The number of rotatable bonds is 5. The Hall–Kier alpha value is -0.710. The summed E-state index contributed by atoms with van der Waals surface area (Å²) < 4.78 is 0. The summed E-state index contributed by atoms with van der Waals surface area (Å²) in [6.45, 7) is 5.80. The Balaban J connectivity index is 2.51. The molecule has 2 N–H and O–H groups in total. The second-order valence-electron chi connectivity index (χ2n) is 5.16. The van der Waals surface area contributed by atoms with Crippen LogP contribution < -0.4 is 10.6 Å². The summed E-state index contributed by atoms with van der Waals surface area (Å²) in [6, 6.07) is -0.294. The molecule has 0 aromatic rings. The predicted octanol–water partition coefficient (Wildman–Crippen LogP) is 1.36. The number of amides is 2. The highest BCUT2D eigenvalue weighted by atomic mass is 32.1. The molecule has 0 aliphatic heterocycles. The van der Waals surface area contributed by atoms with Crippen LogP contribution in [-0.2, 0) is 9.59 Å². The molecule has 0 saturated heterocycles. The van der Waals surface area contributed by atoms with Crippen LogP contribution >= 0.6 is 12.6 Å². The fourth-order valence-electron chi connectivity index (χ4n) is 2.75. The zero-order chi connectivity index (χ0) is 13.7. The topological polar surface area (TPSA) is 58.2 Å². The van der Waals surface area contributed by atoms with Crippen LogP contribution in [-0.4, -0.2) is 29.7 Å². The van der Waals surface area contributed by atoms with E-state index < -0.39 is 6.04 Å².